The molecule has 8 heteroatoms. The van der Waals surface area contributed by atoms with Crippen molar-refractivity contribution in [1.82, 2.24) is 4.98 Å². The highest BCUT2D eigenvalue weighted by molar-refractivity contribution is 6.12. The highest BCUT2D eigenvalue weighted by Gasteiger charge is 2.25. The summed E-state index contributed by atoms with van der Waals surface area (Å²) < 4.78 is 16.5. The van der Waals surface area contributed by atoms with Crippen molar-refractivity contribution < 1.29 is 14.2 Å². The number of aromatic nitrogens is 1. The van der Waals surface area contributed by atoms with Crippen molar-refractivity contribution in [3.05, 3.63) is 65.1 Å². The maximum atomic E-state index is 7.64. The minimum atomic E-state index is -0.616. The fourth-order valence-corrected chi connectivity index (χ4v) is 2.89. The van der Waals surface area contributed by atoms with Gasteiger partial charge in [0.05, 0.1) is 0 Å². The minimum Gasteiger partial charge on any atom is -0.438 e. The fraction of sp³-hybridized carbons (Fsp3) is 0.167. The third-order valence-corrected chi connectivity index (χ3v) is 4.69. The molecule has 0 saturated heterocycles. The Kier molecular flexibility index (Phi) is 6.52. The minimum absolute atomic E-state index is 0.363. The largest absolute Gasteiger partial charge is 0.438 e. The molecule has 0 radical (unpaired) electrons. The Morgan fingerprint density at radius 1 is 1.22 bits per heavy atom. The molecule has 0 aliphatic carbocycles. The van der Waals surface area contributed by atoms with Gasteiger partial charge in [0, 0.05) is 53.6 Å². The maximum Gasteiger partial charge on any atom is 0.284 e. The number of fused-ring (bicyclic) bond motifs is 2. The molecule has 1 aliphatic rings. The third kappa shape index (κ3) is 4.91. The van der Waals surface area contributed by atoms with Crippen LogP contribution in [0.5, 0.6) is 11.6 Å². The maximum absolute atomic E-state index is 7.64. The average molecular weight is 429 g/mol. The van der Waals surface area contributed by atoms with Crippen LogP contribution in [0.2, 0.25) is 0 Å². The van der Waals surface area contributed by atoms with Gasteiger partial charge in [-0.05, 0) is 43.7 Å². The first kappa shape index (κ1) is 22.5. The predicted molar refractivity (Wildman–Crippen MR) is 124 cm³/mol. The van der Waals surface area contributed by atoms with Crippen LogP contribution in [0.4, 0.5) is 0 Å². The molecule has 1 aromatic carbocycles. The van der Waals surface area contributed by atoms with E-state index in [1.54, 1.807) is 25.4 Å². The van der Waals surface area contributed by atoms with Gasteiger partial charge in [-0.3, -0.25) is 5.41 Å². The molecule has 0 spiro atoms. The van der Waals surface area contributed by atoms with Crippen LogP contribution in [0.3, 0.4) is 0 Å². The van der Waals surface area contributed by atoms with Crippen LogP contribution in [0.25, 0.3) is 11.1 Å². The second-order valence-corrected chi connectivity index (χ2v) is 7.30. The van der Waals surface area contributed by atoms with Crippen molar-refractivity contribution in [2.45, 2.75) is 19.4 Å². The number of nitrogens with one attached hydrogen (secondary N) is 3. The Morgan fingerprint density at radius 2 is 2.00 bits per heavy atom. The van der Waals surface area contributed by atoms with Crippen LogP contribution in [0.1, 0.15) is 36.1 Å². The van der Waals surface area contributed by atoms with Gasteiger partial charge in [0.25, 0.3) is 6.02 Å². The SMILES string of the molecule is COC(C)(C)C#Cc1cnc2c(c1)C(=COC(=N)N)c1cc(C(C=N)=CC=N)ccc1O2. The summed E-state index contributed by atoms with van der Waals surface area (Å²) in [5.41, 5.74) is 8.58. The molecule has 2 heterocycles. The molecule has 32 heavy (non-hydrogen) atoms. The second kappa shape index (κ2) is 9.29. The van der Waals surface area contributed by atoms with Crippen molar-refractivity contribution in [1.29, 1.82) is 16.2 Å². The van der Waals surface area contributed by atoms with E-state index >= 15 is 0 Å². The topological polar surface area (TPSA) is 138 Å². The Bertz CT molecular complexity index is 1220. The number of pyridine rings is 1. The number of ether oxygens (including phenoxy) is 3. The number of hydrogen-bond acceptors (Lipinski definition) is 7. The molecule has 0 atom stereocenters. The standard InChI is InChI=1S/C24H23N5O3/c1-24(2,30-3)8-6-15-10-19-20(14-31-23(27)28)18-11-16(17(12-26)7-9-25)4-5-21(18)32-22(19)29-13-15/h4-5,7,9-14,25-26H,1-3H3,(H3,27,28). The van der Waals surface area contributed by atoms with Crippen LogP contribution in [0, 0.1) is 28.1 Å². The van der Waals surface area contributed by atoms with Crippen LogP contribution in [0.15, 0.2) is 42.8 Å². The molecule has 0 bridgehead atoms. The molecule has 162 valence electrons. The lowest BCUT2D eigenvalue weighted by Gasteiger charge is -2.22. The molecule has 0 unspecified atom stereocenters. The summed E-state index contributed by atoms with van der Waals surface area (Å²) in [6, 6.07) is 6.72. The van der Waals surface area contributed by atoms with Crippen molar-refractivity contribution >= 4 is 29.6 Å². The number of rotatable bonds is 5. The van der Waals surface area contributed by atoms with Gasteiger partial charge in [-0.25, -0.2) is 4.98 Å². The van der Waals surface area contributed by atoms with Gasteiger partial charge in [-0.15, -0.1) is 0 Å². The molecular weight excluding hydrogens is 406 g/mol. The molecule has 0 saturated carbocycles. The summed E-state index contributed by atoms with van der Waals surface area (Å²) in [4.78, 5) is 4.40. The van der Waals surface area contributed by atoms with Gasteiger partial charge in [0.15, 0.2) is 0 Å². The number of hydrogen-bond donors (Lipinski definition) is 4. The number of amidine groups is 1. The highest BCUT2D eigenvalue weighted by atomic mass is 16.5. The Labute approximate surface area is 186 Å². The van der Waals surface area contributed by atoms with Crippen LogP contribution in [-0.4, -0.2) is 36.1 Å². The molecule has 8 nitrogen and oxygen atoms in total. The lowest BCUT2D eigenvalue weighted by Crippen LogP contribution is -2.19. The third-order valence-electron chi connectivity index (χ3n) is 4.69. The van der Waals surface area contributed by atoms with Crippen molar-refractivity contribution in [3.8, 4) is 23.5 Å². The first-order chi connectivity index (χ1) is 15.3. The normalized spacial score (nSPS) is 13.7. The molecule has 2 aromatic rings. The molecular formula is C24H23N5O3. The van der Waals surface area contributed by atoms with E-state index in [1.165, 1.54) is 18.6 Å². The van der Waals surface area contributed by atoms with E-state index in [4.69, 9.17) is 36.2 Å². The van der Waals surface area contributed by atoms with E-state index in [0.29, 0.717) is 45.0 Å². The van der Waals surface area contributed by atoms with E-state index in [9.17, 15) is 0 Å². The highest BCUT2D eigenvalue weighted by Crippen LogP contribution is 2.43. The zero-order chi connectivity index (χ0) is 23.3. The van der Waals surface area contributed by atoms with E-state index in [2.05, 4.69) is 16.8 Å². The van der Waals surface area contributed by atoms with Gasteiger partial charge in [-0.2, -0.15) is 0 Å². The average Bonchev–Trinajstić information content (AvgIpc) is 2.78. The smallest absolute Gasteiger partial charge is 0.284 e. The van der Waals surface area contributed by atoms with Crippen molar-refractivity contribution in [2.75, 3.05) is 7.11 Å². The molecule has 5 N–H and O–H groups in total. The second-order valence-electron chi connectivity index (χ2n) is 7.30. The van der Waals surface area contributed by atoms with E-state index < -0.39 is 11.6 Å². The summed E-state index contributed by atoms with van der Waals surface area (Å²) in [6.45, 7) is 3.73. The monoisotopic (exact) mass is 429 g/mol. The predicted octanol–water partition coefficient (Wildman–Crippen LogP) is 3.95. The number of methoxy groups -OCH3 is 1. The zero-order valence-electron chi connectivity index (χ0n) is 17.9. The molecule has 0 amide bonds. The fourth-order valence-electron chi connectivity index (χ4n) is 2.89. The van der Waals surface area contributed by atoms with E-state index in [0.717, 1.165) is 6.21 Å². The van der Waals surface area contributed by atoms with E-state index in [1.807, 2.05) is 26.0 Å². The lowest BCUT2D eigenvalue weighted by atomic mass is 9.92. The molecule has 0 fully saturated rings. The van der Waals surface area contributed by atoms with Gasteiger partial charge in [0.2, 0.25) is 5.88 Å². The number of nitrogens with zero attached hydrogens (tertiary/aromatic N) is 1. The van der Waals surface area contributed by atoms with Crippen molar-refractivity contribution in [3.63, 3.8) is 0 Å². The molecule has 1 aliphatic heterocycles. The van der Waals surface area contributed by atoms with Crippen molar-refractivity contribution in [2.24, 2.45) is 5.73 Å². The van der Waals surface area contributed by atoms with Gasteiger partial charge in [-0.1, -0.05) is 17.9 Å². The van der Waals surface area contributed by atoms with Crippen LogP contribution >= 0.6 is 0 Å². The summed E-state index contributed by atoms with van der Waals surface area (Å²) >= 11 is 0. The summed E-state index contributed by atoms with van der Waals surface area (Å²) in [6.07, 6.45) is 6.80. The quantitative estimate of drug-likeness (QED) is 0.211. The zero-order valence-corrected chi connectivity index (χ0v) is 17.9. The van der Waals surface area contributed by atoms with Crippen LogP contribution in [-0.2, 0) is 9.47 Å². The van der Waals surface area contributed by atoms with Gasteiger partial charge >= 0.3 is 0 Å². The Balaban J connectivity index is 2.16. The first-order valence-corrected chi connectivity index (χ1v) is 9.61. The summed E-state index contributed by atoms with van der Waals surface area (Å²) in [5.74, 6) is 7.01. The van der Waals surface area contributed by atoms with E-state index in [-0.39, 0.29) is 0 Å². The summed E-state index contributed by atoms with van der Waals surface area (Å²) in [5, 5.41) is 22.4. The molecule has 3 rings (SSSR count). The van der Waals surface area contributed by atoms with Crippen LogP contribution < -0.4 is 10.5 Å². The van der Waals surface area contributed by atoms with Gasteiger partial charge < -0.3 is 30.8 Å². The first-order valence-electron chi connectivity index (χ1n) is 9.61. The number of allylic oxidation sites excluding steroid dienone is 2. The Morgan fingerprint density at radius 3 is 2.66 bits per heavy atom. The number of benzene rings is 1. The summed E-state index contributed by atoms with van der Waals surface area (Å²) in [7, 11) is 1.59. The Hall–Kier alpha value is -4.22. The lowest BCUT2D eigenvalue weighted by molar-refractivity contribution is 0.0742. The molecule has 1 aromatic heterocycles. The van der Waals surface area contributed by atoms with Gasteiger partial charge in [0.1, 0.15) is 17.6 Å². The number of nitrogens with two attached hydrogens (primary N) is 1.